The number of nitrogens with zero attached hydrogens (tertiary/aromatic N) is 1. The molecule has 0 spiro atoms. The van der Waals surface area contributed by atoms with E-state index in [2.05, 4.69) is 16.0 Å². The number of hydrogen-bond acceptors (Lipinski definition) is 5. The normalized spacial score (nSPS) is 12.9. The van der Waals surface area contributed by atoms with Gasteiger partial charge in [0, 0.05) is 35.6 Å². The number of hydrogen-bond donors (Lipinski definition) is 3. The fourth-order valence-electron chi connectivity index (χ4n) is 3.61. The van der Waals surface area contributed by atoms with E-state index in [-0.39, 0.29) is 24.3 Å². The first-order valence-corrected chi connectivity index (χ1v) is 10.9. The van der Waals surface area contributed by atoms with Crippen molar-refractivity contribution in [3.8, 4) is 0 Å². The molecule has 2 aromatic carbocycles. The molecule has 2 heterocycles. The summed E-state index contributed by atoms with van der Waals surface area (Å²) in [6.45, 7) is 2.00. The largest absolute Gasteiger partial charge is 0.467 e. The highest BCUT2D eigenvalue weighted by Gasteiger charge is 2.19. The second-order valence-electron chi connectivity index (χ2n) is 7.82. The maximum Gasteiger partial charge on any atom is 0.253 e. The summed E-state index contributed by atoms with van der Waals surface area (Å²) >= 11 is 0. The topological polar surface area (TPSA) is 104 Å². The molecule has 1 aromatic heterocycles. The standard InChI is InChI=1S/C25H26N4O4/c30-23(28-21-11-7-19(8-12-21)25(32)29-13-1-2-14-29)17-26-20-9-5-18(6-10-20)24(31)27-16-22-4-3-15-33-22/h3-12,15,26H,1-2,13-14,16-17H2,(H,27,31)(H,28,30). The van der Waals surface area contributed by atoms with Crippen molar-refractivity contribution in [2.75, 3.05) is 30.3 Å². The van der Waals surface area contributed by atoms with Crippen LogP contribution in [0.5, 0.6) is 0 Å². The van der Waals surface area contributed by atoms with Crippen LogP contribution in [0.1, 0.15) is 39.3 Å². The molecule has 33 heavy (non-hydrogen) atoms. The Morgan fingerprint density at radius 3 is 2.18 bits per heavy atom. The van der Waals surface area contributed by atoms with Gasteiger partial charge < -0.3 is 25.3 Å². The minimum atomic E-state index is -0.214. The van der Waals surface area contributed by atoms with Crippen LogP contribution in [0.15, 0.2) is 71.3 Å². The first kappa shape index (κ1) is 22.1. The van der Waals surface area contributed by atoms with E-state index in [9.17, 15) is 14.4 Å². The van der Waals surface area contributed by atoms with Gasteiger partial charge in [-0.05, 0) is 73.5 Å². The minimum Gasteiger partial charge on any atom is -0.467 e. The number of anilines is 2. The summed E-state index contributed by atoms with van der Waals surface area (Å²) in [6, 6.07) is 17.4. The van der Waals surface area contributed by atoms with E-state index in [0.717, 1.165) is 31.6 Å². The van der Waals surface area contributed by atoms with E-state index in [4.69, 9.17) is 4.42 Å². The summed E-state index contributed by atoms with van der Waals surface area (Å²) < 4.78 is 5.19. The molecule has 170 valence electrons. The number of carbonyl (C=O) groups is 3. The van der Waals surface area contributed by atoms with Gasteiger partial charge in [-0.2, -0.15) is 0 Å². The van der Waals surface area contributed by atoms with Gasteiger partial charge in [0.25, 0.3) is 11.8 Å². The van der Waals surface area contributed by atoms with Crippen LogP contribution in [0.2, 0.25) is 0 Å². The quantitative estimate of drug-likeness (QED) is 0.491. The highest BCUT2D eigenvalue weighted by molar-refractivity contribution is 5.97. The number of likely N-dealkylation sites (tertiary alicyclic amines) is 1. The molecule has 1 fully saturated rings. The van der Waals surface area contributed by atoms with Crippen molar-refractivity contribution in [2.24, 2.45) is 0 Å². The smallest absolute Gasteiger partial charge is 0.253 e. The highest BCUT2D eigenvalue weighted by Crippen LogP contribution is 2.16. The molecule has 3 amide bonds. The van der Waals surface area contributed by atoms with Crippen molar-refractivity contribution in [2.45, 2.75) is 19.4 Å². The number of benzene rings is 2. The lowest BCUT2D eigenvalue weighted by molar-refractivity contribution is -0.114. The van der Waals surface area contributed by atoms with Gasteiger partial charge in [0.15, 0.2) is 0 Å². The molecule has 1 aliphatic heterocycles. The summed E-state index contributed by atoms with van der Waals surface area (Å²) in [5.41, 5.74) is 2.49. The van der Waals surface area contributed by atoms with E-state index in [1.54, 1.807) is 66.9 Å². The molecule has 3 aromatic rings. The Hall–Kier alpha value is -4.07. The monoisotopic (exact) mass is 446 g/mol. The molecule has 0 aliphatic carbocycles. The maximum atomic E-state index is 12.4. The second kappa shape index (κ2) is 10.5. The molecule has 0 saturated carbocycles. The van der Waals surface area contributed by atoms with E-state index < -0.39 is 0 Å². The van der Waals surface area contributed by atoms with Crippen LogP contribution in [0, 0.1) is 0 Å². The lowest BCUT2D eigenvalue weighted by Gasteiger charge is -2.15. The van der Waals surface area contributed by atoms with E-state index in [0.29, 0.717) is 29.1 Å². The van der Waals surface area contributed by atoms with Gasteiger partial charge in [-0.1, -0.05) is 0 Å². The van der Waals surface area contributed by atoms with E-state index >= 15 is 0 Å². The predicted octanol–water partition coefficient (Wildman–Crippen LogP) is 3.50. The predicted molar refractivity (Wildman–Crippen MR) is 125 cm³/mol. The third-order valence-corrected chi connectivity index (χ3v) is 5.41. The lowest BCUT2D eigenvalue weighted by Crippen LogP contribution is -2.27. The summed E-state index contributed by atoms with van der Waals surface area (Å²) in [5.74, 6) is 0.293. The number of nitrogens with one attached hydrogen (secondary N) is 3. The number of amides is 3. The SMILES string of the molecule is O=C(CNc1ccc(C(=O)NCc2ccco2)cc1)Nc1ccc(C(=O)N2CCCC2)cc1. The Bertz CT molecular complexity index is 1090. The van der Waals surface area contributed by atoms with Gasteiger partial charge in [0.1, 0.15) is 5.76 Å². The van der Waals surface area contributed by atoms with Crippen LogP contribution in [0.25, 0.3) is 0 Å². The first-order chi connectivity index (χ1) is 16.1. The molecule has 1 aliphatic rings. The number of carbonyl (C=O) groups excluding carboxylic acids is 3. The van der Waals surface area contributed by atoms with Crippen LogP contribution in [-0.4, -0.2) is 42.3 Å². The first-order valence-electron chi connectivity index (χ1n) is 10.9. The van der Waals surface area contributed by atoms with Gasteiger partial charge in [0.05, 0.1) is 19.4 Å². The maximum absolute atomic E-state index is 12.4. The summed E-state index contributed by atoms with van der Waals surface area (Å²) in [4.78, 5) is 38.7. The fourth-order valence-corrected chi connectivity index (χ4v) is 3.61. The molecular formula is C25H26N4O4. The van der Waals surface area contributed by atoms with E-state index in [1.165, 1.54) is 0 Å². The van der Waals surface area contributed by atoms with Crippen molar-refractivity contribution in [3.05, 3.63) is 83.8 Å². The lowest BCUT2D eigenvalue weighted by atomic mass is 10.2. The zero-order valence-corrected chi connectivity index (χ0v) is 18.2. The molecule has 3 N–H and O–H groups in total. The van der Waals surface area contributed by atoms with Gasteiger partial charge >= 0.3 is 0 Å². The molecule has 0 atom stereocenters. The molecule has 0 unspecified atom stereocenters. The van der Waals surface area contributed by atoms with Crippen molar-refractivity contribution in [1.29, 1.82) is 0 Å². The Kier molecular flexibility index (Phi) is 7.04. The van der Waals surface area contributed by atoms with E-state index in [1.807, 2.05) is 4.90 Å². The van der Waals surface area contributed by atoms with Crippen LogP contribution in [-0.2, 0) is 11.3 Å². The Balaban J connectivity index is 1.22. The highest BCUT2D eigenvalue weighted by atomic mass is 16.3. The zero-order valence-electron chi connectivity index (χ0n) is 18.2. The van der Waals surface area contributed by atoms with Crippen LogP contribution in [0.3, 0.4) is 0 Å². The Morgan fingerprint density at radius 2 is 1.52 bits per heavy atom. The van der Waals surface area contributed by atoms with Crippen molar-refractivity contribution in [3.63, 3.8) is 0 Å². The van der Waals surface area contributed by atoms with Crippen LogP contribution < -0.4 is 16.0 Å². The second-order valence-corrected chi connectivity index (χ2v) is 7.82. The molecule has 0 radical (unpaired) electrons. The van der Waals surface area contributed by atoms with Gasteiger partial charge in [-0.25, -0.2) is 0 Å². The summed E-state index contributed by atoms with van der Waals surface area (Å²) in [5, 5.41) is 8.62. The average molecular weight is 447 g/mol. The Labute approximate surface area is 192 Å². The van der Waals surface area contributed by atoms with Crippen molar-refractivity contribution < 1.29 is 18.8 Å². The molecular weight excluding hydrogens is 420 g/mol. The molecule has 8 nitrogen and oxygen atoms in total. The van der Waals surface area contributed by atoms with Gasteiger partial charge in [-0.3, -0.25) is 14.4 Å². The van der Waals surface area contributed by atoms with Crippen LogP contribution in [0.4, 0.5) is 11.4 Å². The molecule has 4 rings (SSSR count). The Morgan fingerprint density at radius 1 is 0.848 bits per heavy atom. The van der Waals surface area contributed by atoms with Crippen LogP contribution >= 0.6 is 0 Å². The third-order valence-electron chi connectivity index (χ3n) is 5.41. The average Bonchev–Trinajstić information content (AvgIpc) is 3.56. The molecule has 0 bridgehead atoms. The van der Waals surface area contributed by atoms with Gasteiger partial charge in [0.2, 0.25) is 5.91 Å². The minimum absolute atomic E-state index is 0.0325. The number of furan rings is 1. The molecule has 1 saturated heterocycles. The number of rotatable bonds is 8. The van der Waals surface area contributed by atoms with Gasteiger partial charge in [-0.15, -0.1) is 0 Å². The fraction of sp³-hybridized carbons (Fsp3) is 0.240. The summed E-state index contributed by atoms with van der Waals surface area (Å²) in [7, 11) is 0. The zero-order chi connectivity index (χ0) is 23.0. The molecule has 8 heteroatoms. The third kappa shape index (κ3) is 6.00. The van der Waals surface area contributed by atoms with Crippen molar-refractivity contribution >= 4 is 29.1 Å². The summed E-state index contributed by atoms with van der Waals surface area (Å²) in [6.07, 6.45) is 3.66. The van der Waals surface area contributed by atoms with Crippen molar-refractivity contribution in [1.82, 2.24) is 10.2 Å².